The molecule has 0 saturated carbocycles. The normalized spacial score (nSPS) is 12.8. The Kier molecular flexibility index (Phi) is 3.14. The SMILES string of the molecule is CNc1nc(-c2ccc3c(c2)CCO3)nc(N(C)C)n1. The summed E-state index contributed by atoms with van der Waals surface area (Å²) in [6.45, 7) is 0.751. The summed E-state index contributed by atoms with van der Waals surface area (Å²) in [7, 11) is 5.62. The zero-order chi connectivity index (χ0) is 14.1. The molecule has 0 atom stereocenters. The molecule has 0 unspecified atom stereocenters. The van der Waals surface area contributed by atoms with Gasteiger partial charge in [0, 0.05) is 33.1 Å². The zero-order valence-electron chi connectivity index (χ0n) is 11.8. The molecule has 1 aromatic carbocycles. The standard InChI is InChI=1S/C14H17N5O/c1-15-13-16-12(17-14(18-13)19(2)3)10-4-5-11-9(8-10)6-7-20-11/h4-5,8H,6-7H2,1-3H3,(H,15,16,17,18). The minimum atomic E-state index is 0.565. The monoisotopic (exact) mass is 271 g/mol. The molecule has 6 heteroatoms. The van der Waals surface area contributed by atoms with Crippen molar-refractivity contribution in [3.05, 3.63) is 23.8 Å². The molecular weight excluding hydrogens is 254 g/mol. The average Bonchev–Trinajstić information content (AvgIpc) is 2.94. The third kappa shape index (κ3) is 2.24. The number of nitrogens with one attached hydrogen (secondary N) is 1. The van der Waals surface area contributed by atoms with Crippen LogP contribution in [0.15, 0.2) is 18.2 Å². The maximum atomic E-state index is 5.52. The Bertz CT molecular complexity index is 641. The van der Waals surface area contributed by atoms with E-state index in [4.69, 9.17) is 4.74 Å². The molecule has 0 spiro atoms. The van der Waals surface area contributed by atoms with E-state index < -0.39 is 0 Å². The molecule has 0 amide bonds. The maximum Gasteiger partial charge on any atom is 0.230 e. The quantitative estimate of drug-likeness (QED) is 0.914. The number of fused-ring (bicyclic) bond motifs is 1. The number of ether oxygens (including phenoxy) is 1. The summed E-state index contributed by atoms with van der Waals surface area (Å²) in [5, 5.41) is 2.97. The highest BCUT2D eigenvalue weighted by atomic mass is 16.5. The van der Waals surface area contributed by atoms with Gasteiger partial charge in [-0.3, -0.25) is 0 Å². The third-order valence-corrected chi connectivity index (χ3v) is 3.19. The van der Waals surface area contributed by atoms with E-state index >= 15 is 0 Å². The molecule has 3 rings (SSSR count). The second-order valence-electron chi connectivity index (χ2n) is 4.85. The first-order valence-electron chi connectivity index (χ1n) is 6.54. The highest BCUT2D eigenvalue weighted by Crippen LogP contribution is 2.29. The first-order valence-corrected chi connectivity index (χ1v) is 6.54. The Hall–Kier alpha value is -2.37. The molecule has 0 saturated heterocycles. The van der Waals surface area contributed by atoms with Gasteiger partial charge >= 0.3 is 0 Å². The topological polar surface area (TPSA) is 63.2 Å². The lowest BCUT2D eigenvalue weighted by atomic mass is 10.1. The minimum Gasteiger partial charge on any atom is -0.493 e. The van der Waals surface area contributed by atoms with Gasteiger partial charge in [0.05, 0.1) is 6.61 Å². The second kappa shape index (κ2) is 4.96. The van der Waals surface area contributed by atoms with Crippen molar-refractivity contribution >= 4 is 11.9 Å². The number of hydrogen-bond donors (Lipinski definition) is 1. The molecule has 1 aromatic heterocycles. The second-order valence-corrected chi connectivity index (χ2v) is 4.85. The molecule has 20 heavy (non-hydrogen) atoms. The lowest BCUT2D eigenvalue weighted by Gasteiger charge is -2.12. The fraction of sp³-hybridized carbons (Fsp3) is 0.357. The Morgan fingerprint density at radius 1 is 1.20 bits per heavy atom. The molecule has 0 bridgehead atoms. The van der Waals surface area contributed by atoms with Crippen molar-refractivity contribution in [3.63, 3.8) is 0 Å². The van der Waals surface area contributed by atoms with Crippen LogP contribution in [0.5, 0.6) is 5.75 Å². The fourth-order valence-electron chi connectivity index (χ4n) is 2.13. The summed E-state index contributed by atoms with van der Waals surface area (Å²) in [5.41, 5.74) is 2.19. The summed E-state index contributed by atoms with van der Waals surface area (Å²) in [6.07, 6.45) is 0.938. The Balaban J connectivity index is 2.07. The Morgan fingerprint density at radius 2 is 2.05 bits per heavy atom. The van der Waals surface area contributed by atoms with Gasteiger partial charge in [0.1, 0.15) is 5.75 Å². The summed E-state index contributed by atoms with van der Waals surface area (Å²) in [5.74, 6) is 2.83. The van der Waals surface area contributed by atoms with Crippen LogP contribution in [-0.4, -0.2) is 42.7 Å². The third-order valence-electron chi connectivity index (χ3n) is 3.19. The van der Waals surface area contributed by atoms with Crippen molar-refractivity contribution in [2.45, 2.75) is 6.42 Å². The summed E-state index contributed by atoms with van der Waals surface area (Å²) >= 11 is 0. The van der Waals surface area contributed by atoms with E-state index in [-0.39, 0.29) is 0 Å². The van der Waals surface area contributed by atoms with Gasteiger partial charge in [0.15, 0.2) is 5.82 Å². The number of rotatable bonds is 3. The average molecular weight is 271 g/mol. The molecule has 104 valence electrons. The zero-order valence-corrected chi connectivity index (χ0v) is 11.8. The number of aromatic nitrogens is 3. The number of benzene rings is 1. The van der Waals surface area contributed by atoms with Crippen LogP contribution in [0.4, 0.5) is 11.9 Å². The van der Waals surface area contributed by atoms with Crippen LogP contribution in [0.3, 0.4) is 0 Å². The van der Waals surface area contributed by atoms with E-state index in [0.29, 0.717) is 17.7 Å². The Labute approximate surface area is 117 Å². The molecule has 1 aliphatic rings. The molecule has 0 aliphatic carbocycles. The van der Waals surface area contributed by atoms with Crippen molar-refractivity contribution in [3.8, 4) is 17.1 Å². The highest BCUT2D eigenvalue weighted by Gasteiger charge is 2.15. The highest BCUT2D eigenvalue weighted by molar-refractivity contribution is 5.61. The van der Waals surface area contributed by atoms with E-state index in [9.17, 15) is 0 Å². The fourth-order valence-corrected chi connectivity index (χ4v) is 2.13. The van der Waals surface area contributed by atoms with Gasteiger partial charge in [0.2, 0.25) is 11.9 Å². The van der Waals surface area contributed by atoms with Gasteiger partial charge in [-0.2, -0.15) is 15.0 Å². The van der Waals surface area contributed by atoms with Crippen LogP contribution in [-0.2, 0) is 6.42 Å². The largest absolute Gasteiger partial charge is 0.493 e. The number of nitrogens with zero attached hydrogens (tertiary/aromatic N) is 4. The van der Waals surface area contributed by atoms with Crippen LogP contribution in [0, 0.1) is 0 Å². The van der Waals surface area contributed by atoms with Crippen LogP contribution in [0.25, 0.3) is 11.4 Å². The molecule has 2 aromatic rings. The first-order chi connectivity index (χ1) is 9.67. The molecule has 2 heterocycles. The van der Waals surface area contributed by atoms with Gasteiger partial charge in [-0.15, -0.1) is 0 Å². The van der Waals surface area contributed by atoms with Crippen molar-refractivity contribution < 1.29 is 4.74 Å². The summed E-state index contributed by atoms with van der Waals surface area (Å²) in [4.78, 5) is 15.1. The number of hydrogen-bond acceptors (Lipinski definition) is 6. The smallest absolute Gasteiger partial charge is 0.230 e. The van der Waals surface area contributed by atoms with E-state index in [1.807, 2.05) is 31.1 Å². The van der Waals surface area contributed by atoms with Crippen LogP contribution >= 0.6 is 0 Å². The van der Waals surface area contributed by atoms with Crippen molar-refractivity contribution in [2.24, 2.45) is 0 Å². The van der Waals surface area contributed by atoms with Gasteiger partial charge < -0.3 is 15.0 Å². The molecule has 1 N–H and O–H groups in total. The minimum absolute atomic E-state index is 0.565. The summed E-state index contributed by atoms with van der Waals surface area (Å²) in [6, 6.07) is 6.06. The van der Waals surface area contributed by atoms with E-state index in [0.717, 1.165) is 24.3 Å². The van der Waals surface area contributed by atoms with Crippen molar-refractivity contribution in [2.75, 3.05) is 38.0 Å². The maximum absolute atomic E-state index is 5.52. The van der Waals surface area contributed by atoms with Gasteiger partial charge in [-0.25, -0.2) is 0 Å². The lowest BCUT2D eigenvalue weighted by Crippen LogP contribution is -2.15. The lowest BCUT2D eigenvalue weighted by molar-refractivity contribution is 0.357. The van der Waals surface area contributed by atoms with Gasteiger partial charge in [0.25, 0.3) is 0 Å². The molecule has 1 aliphatic heterocycles. The van der Waals surface area contributed by atoms with Crippen LogP contribution in [0.1, 0.15) is 5.56 Å². The van der Waals surface area contributed by atoms with Gasteiger partial charge in [-0.05, 0) is 23.8 Å². The molecule has 0 fully saturated rings. The van der Waals surface area contributed by atoms with E-state index in [1.54, 1.807) is 7.05 Å². The van der Waals surface area contributed by atoms with Crippen molar-refractivity contribution in [1.29, 1.82) is 0 Å². The number of anilines is 2. The summed E-state index contributed by atoms with van der Waals surface area (Å²) < 4.78 is 5.52. The van der Waals surface area contributed by atoms with Crippen LogP contribution < -0.4 is 15.0 Å². The van der Waals surface area contributed by atoms with Crippen molar-refractivity contribution in [1.82, 2.24) is 15.0 Å². The predicted molar refractivity (Wildman–Crippen MR) is 78.3 cm³/mol. The first kappa shape index (κ1) is 12.7. The van der Waals surface area contributed by atoms with Gasteiger partial charge in [-0.1, -0.05) is 0 Å². The predicted octanol–water partition coefficient (Wildman–Crippen LogP) is 1.58. The van der Waals surface area contributed by atoms with E-state index in [2.05, 4.69) is 26.3 Å². The van der Waals surface area contributed by atoms with Crippen LogP contribution in [0.2, 0.25) is 0 Å². The Morgan fingerprint density at radius 3 is 2.80 bits per heavy atom. The molecular formula is C14H17N5O. The molecule has 6 nitrogen and oxygen atoms in total. The van der Waals surface area contributed by atoms with E-state index in [1.165, 1.54) is 5.56 Å². The molecule has 0 radical (unpaired) electrons.